The lowest BCUT2D eigenvalue weighted by molar-refractivity contribution is 0.257. The number of rotatable bonds is 5. The zero-order valence-corrected chi connectivity index (χ0v) is 9.30. The summed E-state index contributed by atoms with van der Waals surface area (Å²) in [5.74, 6) is 0. The minimum atomic E-state index is -0.275. The van der Waals surface area contributed by atoms with Gasteiger partial charge in [0.25, 0.3) is 0 Å². The van der Waals surface area contributed by atoms with Crippen LogP contribution < -0.4 is 11.1 Å². The predicted molar refractivity (Wildman–Crippen MR) is 61.3 cm³/mol. The second-order valence-electron chi connectivity index (χ2n) is 3.61. The minimum absolute atomic E-state index is 0.275. The molecule has 0 amide bonds. The van der Waals surface area contributed by atoms with Gasteiger partial charge in [0.1, 0.15) is 6.67 Å². The van der Waals surface area contributed by atoms with Gasteiger partial charge in [0.05, 0.1) is 0 Å². The Kier molecular flexibility index (Phi) is 5.36. The van der Waals surface area contributed by atoms with Crippen molar-refractivity contribution in [2.75, 3.05) is 39.9 Å². The molecule has 0 aromatic rings. The summed E-state index contributed by atoms with van der Waals surface area (Å²) in [7, 11) is 1.93. The third kappa shape index (κ3) is 3.64. The quantitative estimate of drug-likeness (QED) is 0.704. The van der Waals surface area contributed by atoms with Crippen molar-refractivity contribution in [2.24, 2.45) is 5.73 Å². The Morgan fingerprint density at radius 3 is 3.00 bits per heavy atom. The average molecular weight is 213 g/mol. The first-order valence-electron chi connectivity index (χ1n) is 5.36. The maximum absolute atomic E-state index is 12.2. The zero-order valence-electron chi connectivity index (χ0n) is 9.30. The summed E-state index contributed by atoms with van der Waals surface area (Å²) in [6.45, 7) is 2.54. The van der Waals surface area contributed by atoms with E-state index in [-0.39, 0.29) is 6.67 Å². The molecule has 1 aliphatic heterocycles. The largest absolute Gasteiger partial charge is 0.391 e. The van der Waals surface area contributed by atoms with Gasteiger partial charge in [-0.05, 0) is 5.57 Å². The monoisotopic (exact) mass is 213 g/mol. The summed E-state index contributed by atoms with van der Waals surface area (Å²) in [6, 6.07) is 0. The number of halogens is 1. The molecular formula is C11H20FN3. The molecule has 0 bridgehead atoms. The van der Waals surface area contributed by atoms with Crippen LogP contribution in [0.1, 0.15) is 6.42 Å². The summed E-state index contributed by atoms with van der Waals surface area (Å²) in [5, 5.41) is 3.19. The average Bonchev–Trinajstić information content (AvgIpc) is 2.27. The highest BCUT2D eigenvalue weighted by atomic mass is 19.1. The molecule has 15 heavy (non-hydrogen) atoms. The topological polar surface area (TPSA) is 41.3 Å². The van der Waals surface area contributed by atoms with Gasteiger partial charge in [0.15, 0.2) is 0 Å². The van der Waals surface area contributed by atoms with E-state index in [0.29, 0.717) is 13.1 Å². The fourth-order valence-electron chi connectivity index (χ4n) is 1.81. The van der Waals surface area contributed by atoms with E-state index in [2.05, 4.69) is 10.2 Å². The lowest BCUT2D eigenvalue weighted by Gasteiger charge is -2.28. The van der Waals surface area contributed by atoms with Crippen molar-refractivity contribution < 1.29 is 4.39 Å². The van der Waals surface area contributed by atoms with E-state index in [1.807, 2.05) is 19.2 Å². The van der Waals surface area contributed by atoms with Crippen molar-refractivity contribution in [3.8, 4) is 0 Å². The molecule has 0 aromatic heterocycles. The van der Waals surface area contributed by atoms with Crippen molar-refractivity contribution >= 4 is 0 Å². The van der Waals surface area contributed by atoms with Crippen molar-refractivity contribution in [3.05, 3.63) is 23.4 Å². The van der Waals surface area contributed by atoms with Gasteiger partial charge >= 0.3 is 0 Å². The van der Waals surface area contributed by atoms with Crippen molar-refractivity contribution in [1.82, 2.24) is 10.2 Å². The van der Waals surface area contributed by atoms with E-state index in [4.69, 9.17) is 5.73 Å². The summed E-state index contributed by atoms with van der Waals surface area (Å²) in [5.41, 5.74) is 7.89. The Hall–Kier alpha value is -0.870. The smallest absolute Gasteiger partial charge is 0.102 e. The first-order valence-corrected chi connectivity index (χ1v) is 5.36. The zero-order chi connectivity index (χ0) is 11.1. The van der Waals surface area contributed by atoms with Crippen LogP contribution in [0.4, 0.5) is 4.39 Å². The molecule has 4 heteroatoms. The number of nitrogens with two attached hydrogens (primary N) is 1. The molecule has 0 fully saturated rings. The van der Waals surface area contributed by atoms with Crippen molar-refractivity contribution in [2.45, 2.75) is 6.42 Å². The highest BCUT2D eigenvalue weighted by molar-refractivity contribution is 5.28. The van der Waals surface area contributed by atoms with Crippen LogP contribution in [-0.4, -0.2) is 44.8 Å². The van der Waals surface area contributed by atoms with E-state index in [0.717, 1.165) is 19.5 Å². The summed E-state index contributed by atoms with van der Waals surface area (Å²) in [6.07, 6.45) is 4.93. The standard InChI is InChI=1S/C11H20FN3/c1-14-11-4-7-15(8-5-12)9-10(11)3-2-6-13/h2-3,14H,4-9,13H2,1H3/b3-2-. The van der Waals surface area contributed by atoms with Crippen LogP contribution in [0.25, 0.3) is 0 Å². The van der Waals surface area contributed by atoms with Gasteiger partial charge in [-0.3, -0.25) is 4.90 Å². The molecule has 0 aromatic carbocycles. The molecule has 0 atom stereocenters. The molecule has 86 valence electrons. The number of nitrogens with zero attached hydrogens (tertiary/aromatic N) is 1. The SMILES string of the molecule is CNC1=C(/C=C\CN)CN(CCF)CC1. The van der Waals surface area contributed by atoms with Crippen LogP contribution in [0, 0.1) is 0 Å². The lowest BCUT2D eigenvalue weighted by atomic mass is 10.1. The molecule has 1 rings (SSSR count). The van der Waals surface area contributed by atoms with E-state index in [1.54, 1.807) is 0 Å². The lowest BCUT2D eigenvalue weighted by Crippen LogP contribution is -2.35. The van der Waals surface area contributed by atoms with E-state index < -0.39 is 0 Å². The Morgan fingerprint density at radius 1 is 1.60 bits per heavy atom. The third-order valence-corrected chi connectivity index (χ3v) is 2.62. The molecule has 0 spiro atoms. The molecule has 3 N–H and O–H groups in total. The van der Waals surface area contributed by atoms with E-state index in [9.17, 15) is 4.39 Å². The molecule has 1 heterocycles. The van der Waals surface area contributed by atoms with Gasteiger partial charge in [-0.15, -0.1) is 0 Å². The van der Waals surface area contributed by atoms with Crippen LogP contribution in [0.3, 0.4) is 0 Å². The molecule has 0 radical (unpaired) electrons. The Morgan fingerprint density at radius 2 is 2.40 bits per heavy atom. The fraction of sp³-hybridized carbons (Fsp3) is 0.636. The maximum Gasteiger partial charge on any atom is 0.102 e. The van der Waals surface area contributed by atoms with Crippen molar-refractivity contribution in [1.29, 1.82) is 0 Å². The Labute approximate surface area is 90.8 Å². The van der Waals surface area contributed by atoms with Crippen LogP contribution in [0.15, 0.2) is 23.4 Å². The summed E-state index contributed by atoms with van der Waals surface area (Å²) in [4.78, 5) is 2.12. The molecule has 0 saturated heterocycles. The number of alkyl halides is 1. The number of nitrogens with one attached hydrogen (secondary N) is 1. The molecule has 0 unspecified atom stereocenters. The third-order valence-electron chi connectivity index (χ3n) is 2.62. The Balaban J connectivity index is 2.65. The van der Waals surface area contributed by atoms with E-state index in [1.165, 1.54) is 11.3 Å². The van der Waals surface area contributed by atoms with E-state index >= 15 is 0 Å². The predicted octanol–water partition coefficient (Wildman–Crippen LogP) is 0.650. The van der Waals surface area contributed by atoms with Crippen LogP contribution >= 0.6 is 0 Å². The summed E-state index contributed by atoms with van der Waals surface area (Å²) >= 11 is 0. The van der Waals surface area contributed by atoms with Gasteiger partial charge in [0, 0.05) is 45.3 Å². The Bertz CT molecular complexity index is 248. The number of hydrogen-bond acceptors (Lipinski definition) is 3. The van der Waals surface area contributed by atoms with Gasteiger partial charge in [-0.1, -0.05) is 12.2 Å². The highest BCUT2D eigenvalue weighted by Gasteiger charge is 2.15. The van der Waals surface area contributed by atoms with Crippen LogP contribution in [0.2, 0.25) is 0 Å². The molecule has 3 nitrogen and oxygen atoms in total. The van der Waals surface area contributed by atoms with Gasteiger partial charge in [0.2, 0.25) is 0 Å². The maximum atomic E-state index is 12.2. The molecule has 0 saturated carbocycles. The normalized spacial score (nSPS) is 18.9. The molecular weight excluding hydrogens is 193 g/mol. The first-order chi connectivity index (χ1) is 7.31. The second-order valence-corrected chi connectivity index (χ2v) is 3.61. The fourth-order valence-corrected chi connectivity index (χ4v) is 1.81. The highest BCUT2D eigenvalue weighted by Crippen LogP contribution is 2.16. The summed E-state index contributed by atoms with van der Waals surface area (Å²) < 4.78 is 12.2. The van der Waals surface area contributed by atoms with Crippen molar-refractivity contribution in [3.63, 3.8) is 0 Å². The minimum Gasteiger partial charge on any atom is -0.391 e. The second kappa shape index (κ2) is 6.58. The first kappa shape index (κ1) is 12.2. The number of hydrogen-bond donors (Lipinski definition) is 2. The van der Waals surface area contributed by atoms with Gasteiger partial charge in [-0.25, -0.2) is 4.39 Å². The van der Waals surface area contributed by atoms with Gasteiger partial charge < -0.3 is 11.1 Å². The van der Waals surface area contributed by atoms with Crippen LogP contribution in [0.5, 0.6) is 0 Å². The molecule has 0 aliphatic carbocycles. The molecule has 1 aliphatic rings. The van der Waals surface area contributed by atoms with Crippen LogP contribution in [-0.2, 0) is 0 Å². The van der Waals surface area contributed by atoms with Gasteiger partial charge in [-0.2, -0.15) is 0 Å².